The molecule has 5 aromatic carbocycles. The molecule has 3 heterocycles. The number of amides is 1. The number of hydrogen-bond donors (Lipinski definition) is 5. The van der Waals surface area contributed by atoms with Gasteiger partial charge in [0.15, 0.2) is 5.69 Å². The summed E-state index contributed by atoms with van der Waals surface area (Å²) < 4.78 is 1.11. The fraction of sp³-hybridized carbons (Fsp3) is 0.186. The van der Waals surface area contributed by atoms with Gasteiger partial charge in [-0.2, -0.15) is 20.6 Å². The van der Waals surface area contributed by atoms with Crippen molar-refractivity contribution >= 4 is 72.6 Å². The van der Waals surface area contributed by atoms with Crippen molar-refractivity contribution in [2.24, 2.45) is 0 Å². The Hall–Kier alpha value is -6.00. The van der Waals surface area contributed by atoms with E-state index < -0.39 is 0 Å². The van der Waals surface area contributed by atoms with Crippen LogP contribution in [0.2, 0.25) is 0 Å². The number of carbonyl (C=O) groups excluding carboxylic acids is 1. The van der Waals surface area contributed by atoms with E-state index in [0.717, 1.165) is 64.8 Å². The van der Waals surface area contributed by atoms with Gasteiger partial charge in [0.25, 0.3) is 0 Å². The summed E-state index contributed by atoms with van der Waals surface area (Å²) in [6.45, 7) is 15.6. The molecule has 54 heavy (non-hydrogen) atoms. The lowest BCUT2D eigenvalue weighted by atomic mass is 10.1. The normalized spacial score (nSPS) is 10.1. The first kappa shape index (κ1) is 40.8. The second-order valence-corrected chi connectivity index (χ2v) is 13.9. The average molecular weight is 832 g/mol. The van der Waals surface area contributed by atoms with Gasteiger partial charge < -0.3 is 11.1 Å². The van der Waals surface area contributed by atoms with Crippen LogP contribution in [0.1, 0.15) is 51.6 Å². The maximum atomic E-state index is 10.8. The molecular formula is C43H46IN9O. The van der Waals surface area contributed by atoms with Gasteiger partial charge in [0.2, 0.25) is 5.91 Å². The molecule has 0 aliphatic heterocycles. The van der Waals surface area contributed by atoms with Crippen LogP contribution >= 0.6 is 22.6 Å². The lowest BCUT2D eigenvalue weighted by Gasteiger charge is -2.08. The van der Waals surface area contributed by atoms with Crippen LogP contribution in [-0.2, 0) is 4.79 Å². The number of rotatable bonds is 1. The van der Waals surface area contributed by atoms with E-state index >= 15 is 0 Å². The standard InChI is InChI=1S/C10H13NO.C9H7N3.C8H7IN2.C8H8N2.C8H11N/c1-7-5-4-6-8(2)10(7)11-9(3)12;1-6-3-2-4-7-8(5-10)11-12-9(6)7;1-5-3-2-4-6-7(5)10-11-8(6)9;1-6-3-2-4-7-5-9-10-8(6)7;1-6-4-3-5-7(2)8(6)9/h4-6H,1-3H3,(H,11,12);2-4H,1H3,(H,11,12);2-4H,1H3,(H,10,11);2-5H,1H3,(H,9,10);3-5H,9H2,1-2H3. The number of hydrogen-bond acceptors (Lipinski definition) is 6. The number of aromatic amines is 3. The van der Waals surface area contributed by atoms with Gasteiger partial charge >= 0.3 is 0 Å². The number of H-pyrrole nitrogens is 3. The summed E-state index contributed by atoms with van der Waals surface area (Å²) in [5.74, 6) is -0.0209. The third kappa shape index (κ3) is 10.5. The first-order chi connectivity index (χ1) is 25.8. The Morgan fingerprint density at radius 2 is 1.19 bits per heavy atom. The van der Waals surface area contributed by atoms with Gasteiger partial charge in [-0.3, -0.25) is 20.1 Å². The minimum Gasteiger partial charge on any atom is -0.398 e. The van der Waals surface area contributed by atoms with Crippen molar-refractivity contribution in [1.29, 1.82) is 5.26 Å². The molecule has 8 rings (SSSR count). The van der Waals surface area contributed by atoms with Gasteiger partial charge in [-0.1, -0.05) is 84.9 Å². The molecule has 0 saturated carbocycles. The molecule has 0 radical (unpaired) electrons. The van der Waals surface area contributed by atoms with Crippen molar-refractivity contribution < 1.29 is 4.79 Å². The van der Waals surface area contributed by atoms with E-state index in [1.807, 2.05) is 114 Å². The molecule has 0 aliphatic rings. The Morgan fingerprint density at radius 1 is 0.667 bits per heavy atom. The first-order valence-corrected chi connectivity index (χ1v) is 18.4. The molecule has 0 spiro atoms. The summed E-state index contributed by atoms with van der Waals surface area (Å²) in [4.78, 5) is 10.8. The van der Waals surface area contributed by atoms with Gasteiger partial charge in [0.05, 0.1) is 22.7 Å². The van der Waals surface area contributed by atoms with Crippen LogP contribution in [0.25, 0.3) is 32.7 Å². The zero-order valence-electron chi connectivity index (χ0n) is 31.9. The third-order valence-electron chi connectivity index (χ3n) is 8.66. The van der Waals surface area contributed by atoms with Crippen molar-refractivity contribution in [3.05, 3.63) is 146 Å². The molecule has 6 N–H and O–H groups in total. The largest absolute Gasteiger partial charge is 0.398 e. The number of nitrogen functional groups attached to an aromatic ring is 1. The molecule has 0 atom stereocenters. The lowest BCUT2D eigenvalue weighted by molar-refractivity contribution is -0.114. The highest BCUT2D eigenvalue weighted by Crippen LogP contribution is 2.21. The van der Waals surface area contributed by atoms with Crippen LogP contribution in [0.3, 0.4) is 0 Å². The molecule has 10 nitrogen and oxygen atoms in total. The predicted octanol–water partition coefficient (Wildman–Crippen LogP) is 10.2. The number of nitriles is 1. The number of aromatic nitrogens is 6. The van der Waals surface area contributed by atoms with Crippen molar-refractivity contribution in [3.8, 4) is 6.07 Å². The first-order valence-electron chi connectivity index (χ1n) is 17.3. The van der Waals surface area contributed by atoms with Gasteiger partial charge in [0, 0.05) is 34.5 Å². The Kier molecular flexibility index (Phi) is 14.5. The summed E-state index contributed by atoms with van der Waals surface area (Å²) in [5.41, 5.74) is 19.3. The second kappa shape index (κ2) is 19.2. The van der Waals surface area contributed by atoms with Crippen molar-refractivity contribution in [2.45, 2.75) is 55.4 Å². The molecular weight excluding hydrogens is 785 g/mol. The van der Waals surface area contributed by atoms with Crippen LogP contribution in [0.15, 0.2) is 97.2 Å². The Bertz CT molecular complexity index is 2500. The molecule has 0 unspecified atom stereocenters. The molecule has 11 heteroatoms. The highest BCUT2D eigenvalue weighted by molar-refractivity contribution is 14.1. The summed E-state index contributed by atoms with van der Waals surface area (Å²) in [6.07, 6.45) is 1.84. The number of nitrogens with one attached hydrogen (secondary N) is 4. The van der Waals surface area contributed by atoms with E-state index in [-0.39, 0.29) is 5.91 Å². The monoisotopic (exact) mass is 831 g/mol. The van der Waals surface area contributed by atoms with E-state index in [9.17, 15) is 4.79 Å². The van der Waals surface area contributed by atoms with Crippen molar-refractivity contribution in [1.82, 2.24) is 30.6 Å². The average Bonchev–Trinajstić information content (AvgIpc) is 3.90. The highest BCUT2D eigenvalue weighted by Gasteiger charge is 2.05. The molecule has 0 saturated heterocycles. The van der Waals surface area contributed by atoms with Gasteiger partial charge in [0.1, 0.15) is 9.77 Å². The molecule has 1 amide bonds. The van der Waals surface area contributed by atoms with Crippen LogP contribution in [0.5, 0.6) is 0 Å². The molecule has 0 aliphatic carbocycles. The van der Waals surface area contributed by atoms with E-state index in [1.165, 1.54) is 28.8 Å². The van der Waals surface area contributed by atoms with Crippen LogP contribution < -0.4 is 11.1 Å². The quantitative estimate of drug-likeness (QED) is 0.0816. The number of carbonyl (C=O) groups is 1. The highest BCUT2D eigenvalue weighted by atomic mass is 127. The van der Waals surface area contributed by atoms with Gasteiger partial charge in [-0.25, -0.2) is 0 Å². The maximum Gasteiger partial charge on any atom is 0.221 e. The summed E-state index contributed by atoms with van der Waals surface area (Å²) >= 11 is 2.25. The van der Waals surface area contributed by atoms with Crippen LogP contribution in [0, 0.1) is 63.5 Å². The summed E-state index contributed by atoms with van der Waals surface area (Å²) in [7, 11) is 0. The van der Waals surface area contributed by atoms with Gasteiger partial charge in [-0.05, 0) is 116 Å². The number of benzene rings is 5. The fourth-order valence-corrected chi connectivity index (χ4v) is 6.11. The minimum atomic E-state index is -0.0209. The third-order valence-corrected chi connectivity index (χ3v) is 9.49. The maximum absolute atomic E-state index is 10.8. The Labute approximate surface area is 329 Å². The summed E-state index contributed by atoms with van der Waals surface area (Å²) in [5, 5.41) is 35.5. The number of para-hydroxylation sites is 5. The number of aryl methyl sites for hydroxylation is 7. The van der Waals surface area contributed by atoms with E-state index in [0.29, 0.717) is 5.69 Å². The number of anilines is 2. The SMILES string of the molecule is CC(=O)Nc1c(C)cccc1C.Cc1cccc(C)c1N.Cc1cccc2c(C#N)n[nH]c12.Cc1cccc2c(I)[nH]nc12.Cc1cccc2cn[nH]c12. The fourth-order valence-electron chi connectivity index (χ4n) is 5.55. The predicted molar refractivity (Wildman–Crippen MR) is 230 cm³/mol. The lowest BCUT2D eigenvalue weighted by Crippen LogP contribution is -2.08. The zero-order valence-corrected chi connectivity index (χ0v) is 34.0. The molecule has 8 aromatic rings. The van der Waals surface area contributed by atoms with Crippen molar-refractivity contribution in [2.75, 3.05) is 11.1 Å². The second-order valence-electron chi connectivity index (χ2n) is 12.9. The van der Waals surface area contributed by atoms with E-state index in [1.54, 1.807) is 0 Å². The smallest absolute Gasteiger partial charge is 0.221 e. The zero-order chi connectivity index (χ0) is 39.4. The Morgan fingerprint density at radius 3 is 1.74 bits per heavy atom. The topological polar surface area (TPSA) is 165 Å². The van der Waals surface area contributed by atoms with Gasteiger partial charge in [-0.15, -0.1) is 0 Å². The molecule has 0 bridgehead atoms. The number of nitrogens with zero attached hydrogens (tertiary/aromatic N) is 4. The minimum absolute atomic E-state index is 0.0209. The van der Waals surface area contributed by atoms with Crippen molar-refractivity contribution in [3.63, 3.8) is 0 Å². The van der Waals surface area contributed by atoms with E-state index in [2.05, 4.69) is 96.6 Å². The number of fused-ring (bicyclic) bond motifs is 3. The van der Waals surface area contributed by atoms with Crippen LogP contribution in [-0.4, -0.2) is 36.5 Å². The molecule has 3 aromatic heterocycles. The summed E-state index contributed by atoms with van der Waals surface area (Å²) in [6, 6.07) is 32.2. The van der Waals surface area contributed by atoms with Crippen LogP contribution in [0.4, 0.5) is 11.4 Å². The molecule has 276 valence electrons. The van der Waals surface area contributed by atoms with E-state index in [4.69, 9.17) is 11.0 Å². The molecule has 0 fully saturated rings. The number of halogens is 1. The number of nitrogens with two attached hydrogens (primary N) is 1. The Balaban J connectivity index is 0.000000151.